The van der Waals surface area contributed by atoms with E-state index < -0.39 is 18.0 Å². The number of carbonyl (C=O) groups excluding carboxylic acids is 3. The number of hydrogen-bond donors (Lipinski definition) is 2. The van der Waals surface area contributed by atoms with E-state index in [-0.39, 0.29) is 25.1 Å². The minimum Gasteiger partial charge on any atom is -0.494 e. The van der Waals surface area contributed by atoms with Gasteiger partial charge in [-0.25, -0.2) is 9.59 Å². The quantitative estimate of drug-likeness (QED) is 0.557. The van der Waals surface area contributed by atoms with Gasteiger partial charge in [0.2, 0.25) is 5.91 Å². The van der Waals surface area contributed by atoms with Gasteiger partial charge in [-0.15, -0.1) is 0 Å². The van der Waals surface area contributed by atoms with Crippen molar-refractivity contribution in [2.24, 2.45) is 0 Å². The van der Waals surface area contributed by atoms with Crippen LogP contribution in [-0.4, -0.2) is 48.6 Å². The zero-order valence-corrected chi connectivity index (χ0v) is 19.4. The van der Waals surface area contributed by atoms with Gasteiger partial charge in [0.1, 0.15) is 18.9 Å². The second kappa shape index (κ2) is 10.4. The zero-order valence-electron chi connectivity index (χ0n) is 19.4. The van der Waals surface area contributed by atoms with E-state index in [0.717, 1.165) is 12.8 Å². The highest BCUT2D eigenvalue weighted by Crippen LogP contribution is 2.38. The molecule has 0 aromatic heterocycles. The van der Waals surface area contributed by atoms with Crippen molar-refractivity contribution in [3.05, 3.63) is 77.0 Å². The number of hydrogen-bond acceptors (Lipinski definition) is 5. The van der Waals surface area contributed by atoms with Gasteiger partial charge in [0.15, 0.2) is 0 Å². The predicted octanol–water partition coefficient (Wildman–Crippen LogP) is 3.10. The Morgan fingerprint density at radius 2 is 1.91 bits per heavy atom. The first-order chi connectivity index (χ1) is 16.5. The van der Waals surface area contributed by atoms with Gasteiger partial charge in [-0.3, -0.25) is 9.69 Å². The summed E-state index contributed by atoms with van der Waals surface area (Å²) in [5, 5.41) is 5.81. The molecule has 2 aromatic carbocycles. The molecule has 2 atom stereocenters. The van der Waals surface area contributed by atoms with E-state index in [4.69, 9.17) is 9.47 Å². The number of esters is 1. The van der Waals surface area contributed by atoms with Gasteiger partial charge < -0.3 is 20.1 Å². The fraction of sp³-hybridized carbons (Fsp3) is 0.346. The molecule has 0 bridgehead atoms. The number of rotatable bonds is 9. The molecule has 2 heterocycles. The van der Waals surface area contributed by atoms with Gasteiger partial charge in [-0.2, -0.15) is 0 Å². The Kier molecular flexibility index (Phi) is 7.15. The molecule has 2 aliphatic heterocycles. The SMILES string of the molecule is CCOc1ccccc1C1NC(=O)N(CC(=O)NC(C)CCc2ccccc2)C2=C1C(=O)OC2. The molecule has 0 spiro atoms. The van der Waals surface area contributed by atoms with Crippen molar-refractivity contribution in [3.8, 4) is 5.75 Å². The molecule has 8 heteroatoms. The van der Waals surface area contributed by atoms with E-state index >= 15 is 0 Å². The third kappa shape index (κ3) is 5.06. The minimum atomic E-state index is -0.704. The summed E-state index contributed by atoms with van der Waals surface area (Å²) in [4.78, 5) is 39.6. The molecule has 34 heavy (non-hydrogen) atoms. The molecular weight excluding hydrogens is 434 g/mol. The lowest BCUT2D eigenvalue weighted by atomic mass is 9.95. The lowest BCUT2D eigenvalue weighted by molar-refractivity contribution is -0.136. The van der Waals surface area contributed by atoms with Crippen LogP contribution in [0.1, 0.15) is 37.4 Å². The molecule has 0 saturated carbocycles. The van der Waals surface area contributed by atoms with E-state index in [9.17, 15) is 14.4 Å². The fourth-order valence-electron chi connectivity index (χ4n) is 4.28. The summed E-state index contributed by atoms with van der Waals surface area (Å²) in [6.07, 6.45) is 1.61. The Labute approximate surface area is 198 Å². The van der Waals surface area contributed by atoms with Crippen LogP contribution in [0.15, 0.2) is 65.9 Å². The van der Waals surface area contributed by atoms with Crippen molar-refractivity contribution in [3.63, 3.8) is 0 Å². The largest absolute Gasteiger partial charge is 0.494 e. The maximum atomic E-state index is 13.0. The number of nitrogens with zero attached hydrogens (tertiary/aromatic N) is 1. The fourth-order valence-corrected chi connectivity index (χ4v) is 4.28. The van der Waals surface area contributed by atoms with E-state index in [0.29, 0.717) is 29.2 Å². The first kappa shape index (κ1) is 23.4. The monoisotopic (exact) mass is 463 g/mol. The highest BCUT2D eigenvalue weighted by molar-refractivity contribution is 5.98. The lowest BCUT2D eigenvalue weighted by Crippen LogP contribution is -2.51. The standard InChI is InChI=1S/C26H29N3O5/c1-3-33-21-12-8-7-11-19(21)24-23-20(16-34-25(23)31)29(26(32)28-24)15-22(30)27-17(2)13-14-18-9-5-4-6-10-18/h4-12,17,24H,3,13-16H2,1-2H3,(H,27,30)(H,28,32). The molecule has 2 aliphatic rings. The summed E-state index contributed by atoms with van der Waals surface area (Å²) in [6, 6.07) is 16.1. The maximum absolute atomic E-state index is 13.0. The molecule has 0 fully saturated rings. The molecule has 0 radical (unpaired) electrons. The number of carbonyl (C=O) groups is 3. The summed E-state index contributed by atoms with van der Waals surface area (Å²) < 4.78 is 11.0. The van der Waals surface area contributed by atoms with Gasteiger partial charge in [0.05, 0.1) is 23.9 Å². The molecule has 2 aromatic rings. The highest BCUT2D eigenvalue weighted by atomic mass is 16.5. The number of nitrogens with one attached hydrogen (secondary N) is 2. The van der Waals surface area contributed by atoms with Gasteiger partial charge >= 0.3 is 12.0 Å². The van der Waals surface area contributed by atoms with Crippen LogP contribution in [0.25, 0.3) is 0 Å². The third-order valence-electron chi connectivity index (χ3n) is 5.95. The Morgan fingerprint density at radius 1 is 1.18 bits per heavy atom. The van der Waals surface area contributed by atoms with Crippen molar-refractivity contribution < 1.29 is 23.9 Å². The number of aryl methyl sites for hydroxylation is 1. The van der Waals surface area contributed by atoms with Crippen LogP contribution < -0.4 is 15.4 Å². The third-order valence-corrected chi connectivity index (χ3v) is 5.95. The topological polar surface area (TPSA) is 97.0 Å². The van der Waals surface area contributed by atoms with Crippen molar-refractivity contribution in [1.29, 1.82) is 0 Å². The molecule has 4 rings (SSSR count). The van der Waals surface area contributed by atoms with Crippen molar-refractivity contribution in [2.75, 3.05) is 19.8 Å². The van der Waals surface area contributed by atoms with Gasteiger partial charge in [0, 0.05) is 11.6 Å². The molecular formula is C26H29N3O5. The van der Waals surface area contributed by atoms with Crippen molar-refractivity contribution >= 4 is 17.9 Å². The first-order valence-corrected chi connectivity index (χ1v) is 11.5. The molecule has 178 valence electrons. The number of para-hydroxylation sites is 1. The Hall–Kier alpha value is -3.81. The molecule has 2 N–H and O–H groups in total. The summed E-state index contributed by atoms with van der Waals surface area (Å²) >= 11 is 0. The Bertz CT molecular complexity index is 1100. The van der Waals surface area contributed by atoms with Crippen LogP contribution in [0.3, 0.4) is 0 Å². The first-order valence-electron chi connectivity index (χ1n) is 11.5. The second-order valence-electron chi connectivity index (χ2n) is 8.37. The van der Waals surface area contributed by atoms with Crippen LogP contribution in [-0.2, 0) is 20.7 Å². The molecule has 3 amide bonds. The minimum absolute atomic E-state index is 0.0499. The Morgan fingerprint density at radius 3 is 2.68 bits per heavy atom. The highest BCUT2D eigenvalue weighted by Gasteiger charge is 2.43. The van der Waals surface area contributed by atoms with E-state index in [2.05, 4.69) is 22.8 Å². The van der Waals surface area contributed by atoms with Crippen LogP contribution in [0.5, 0.6) is 5.75 Å². The van der Waals surface area contributed by atoms with E-state index in [1.807, 2.05) is 50.2 Å². The van der Waals surface area contributed by atoms with Crippen molar-refractivity contribution in [2.45, 2.75) is 38.8 Å². The van der Waals surface area contributed by atoms with Crippen molar-refractivity contribution in [1.82, 2.24) is 15.5 Å². The summed E-state index contributed by atoms with van der Waals surface area (Å²) in [5.41, 5.74) is 2.62. The average Bonchev–Trinajstić information content (AvgIpc) is 3.22. The Balaban J connectivity index is 1.47. The van der Waals surface area contributed by atoms with Crippen LogP contribution in [0, 0.1) is 0 Å². The number of ether oxygens (including phenoxy) is 2. The van der Waals surface area contributed by atoms with Gasteiger partial charge in [0.25, 0.3) is 0 Å². The smallest absolute Gasteiger partial charge is 0.338 e. The predicted molar refractivity (Wildman–Crippen MR) is 126 cm³/mol. The summed E-state index contributed by atoms with van der Waals surface area (Å²) in [6.45, 7) is 4.00. The van der Waals surface area contributed by atoms with Gasteiger partial charge in [-0.05, 0) is 38.3 Å². The molecule has 8 nitrogen and oxygen atoms in total. The van der Waals surface area contributed by atoms with Crippen LogP contribution >= 0.6 is 0 Å². The summed E-state index contributed by atoms with van der Waals surface area (Å²) in [5.74, 6) is -0.219. The lowest BCUT2D eigenvalue weighted by Gasteiger charge is -2.33. The van der Waals surface area contributed by atoms with Crippen LogP contribution in [0.2, 0.25) is 0 Å². The average molecular weight is 464 g/mol. The second-order valence-corrected chi connectivity index (χ2v) is 8.37. The number of cyclic esters (lactones) is 1. The summed E-state index contributed by atoms with van der Waals surface area (Å²) in [7, 11) is 0. The van der Waals surface area contributed by atoms with Crippen LogP contribution in [0.4, 0.5) is 4.79 Å². The number of benzene rings is 2. The van der Waals surface area contributed by atoms with E-state index in [1.54, 1.807) is 6.07 Å². The number of urea groups is 1. The molecule has 0 saturated heterocycles. The van der Waals surface area contributed by atoms with E-state index in [1.165, 1.54) is 10.5 Å². The normalized spacial score (nSPS) is 18.2. The number of amides is 3. The zero-order chi connectivity index (χ0) is 24.1. The maximum Gasteiger partial charge on any atom is 0.338 e. The molecule has 0 aliphatic carbocycles. The van der Waals surface area contributed by atoms with Gasteiger partial charge in [-0.1, -0.05) is 48.5 Å². The molecule has 2 unspecified atom stereocenters.